The fourth-order valence-electron chi connectivity index (χ4n) is 2.07. The van der Waals surface area contributed by atoms with Crippen LogP contribution in [0.25, 0.3) is 10.8 Å². The molecule has 0 bridgehead atoms. The largest absolute Gasteiger partial charge is 0.481 e. The van der Waals surface area contributed by atoms with Crippen LogP contribution in [0.3, 0.4) is 0 Å². The number of aryl methyl sites for hydroxylation is 1. The Balaban J connectivity index is 2.36. The van der Waals surface area contributed by atoms with Gasteiger partial charge >= 0.3 is 5.97 Å². The van der Waals surface area contributed by atoms with E-state index in [0.29, 0.717) is 18.2 Å². The van der Waals surface area contributed by atoms with Crippen molar-refractivity contribution in [2.24, 2.45) is 7.05 Å². The first-order chi connectivity index (χ1) is 8.59. The van der Waals surface area contributed by atoms with Crippen molar-refractivity contribution < 1.29 is 9.90 Å². The van der Waals surface area contributed by atoms with Gasteiger partial charge in [-0.1, -0.05) is 18.2 Å². The summed E-state index contributed by atoms with van der Waals surface area (Å²) in [6.07, 6.45) is 1.27. The van der Waals surface area contributed by atoms with Crippen LogP contribution in [0.5, 0.6) is 0 Å². The molecule has 0 aliphatic heterocycles. The number of carbonyl (C=O) groups is 1. The summed E-state index contributed by atoms with van der Waals surface area (Å²) in [5.41, 5.74) is 0.846. The Bertz CT molecular complexity index is 643. The molecule has 1 aromatic heterocycles. The number of pyridine rings is 1. The first kappa shape index (κ1) is 12.4. The molecule has 2 aromatic rings. The summed E-state index contributed by atoms with van der Waals surface area (Å²) in [5, 5.41) is 10.2. The zero-order valence-electron chi connectivity index (χ0n) is 10.2. The molecule has 4 heteroatoms. The highest BCUT2D eigenvalue weighted by Crippen LogP contribution is 2.13. The van der Waals surface area contributed by atoms with Crippen molar-refractivity contribution >= 4 is 16.7 Å². The van der Waals surface area contributed by atoms with Gasteiger partial charge in [-0.25, -0.2) is 0 Å². The standard InChI is InChI=1S/C14H15NO3/c1-15-11(6-4-8-13(16)17)9-10-5-2-3-7-12(10)14(15)18/h2-3,5,7,9H,4,6,8H2,1H3,(H,16,17). The van der Waals surface area contributed by atoms with Gasteiger partial charge < -0.3 is 9.67 Å². The third kappa shape index (κ3) is 2.42. The van der Waals surface area contributed by atoms with Crippen LogP contribution in [-0.4, -0.2) is 15.6 Å². The smallest absolute Gasteiger partial charge is 0.303 e. The van der Waals surface area contributed by atoms with E-state index in [-0.39, 0.29) is 12.0 Å². The van der Waals surface area contributed by atoms with Crippen molar-refractivity contribution in [3.63, 3.8) is 0 Å². The lowest BCUT2D eigenvalue weighted by Gasteiger charge is -2.09. The average molecular weight is 245 g/mol. The molecule has 0 amide bonds. The lowest BCUT2D eigenvalue weighted by molar-refractivity contribution is -0.137. The maximum Gasteiger partial charge on any atom is 0.303 e. The zero-order valence-corrected chi connectivity index (χ0v) is 10.2. The van der Waals surface area contributed by atoms with E-state index in [1.165, 1.54) is 0 Å². The van der Waals surface area contributed by atoms with Crippen LogP contribution in [0.15, 0.2) is 35.1 Å². The van der Waals surface area contributed by atoms with Gasteiger partial charge in [0.15, 0.2) is 0 Å². The van der Waals surface area contributed by atoms with Crippen molar-refractivity contribution in [2.45, 2.75) is 19.3 Å². The quantitative estimate of drug-likeness (QED) is 0.895. The van der Waals surface area contributed by atoms with Gasteiger partial charge in [-0.05, 0) is 30.4 Å². The minimum Gasteiger partial charge on any atom is -0.481 e. The molecular formula is C14H15NO3. The number of fused-ring (bicyclic) bond motifs is 1. The molecule has 0 radical (unpaired) electrons. The highest BCUT2D eigenvalue weighted by atomic mass is 16.4. The number of rotatable bonds is 4. The molecule has 94 valence electrons. The molecule has 4 nitrogen and oxygen atoms in total. The Morgan fingerprint density at radius 3 is 2.78 bits per heavy atom. The number of nitrogens with zero attached hydrogens (tertiary/aromatic N) is 1. The Labute approximate surface area is 104 Å². The van der Waals surface area contributed by atoms with Crippen LogP contribution < -0.4 is 5.56 Å². The van der Waals surface area contributed by atoms with Crippen molar-refractivity contribution in [3.05, 3.63) is 46.4 Å². The van der Waals surface area contributed by atoms with Gasteiger partial charge in [-0.3, -0.25) is 9.59 Å². The third-order valence-electron chi connectivity index (χ3n) is 3.07. The summed E-state index contributed by atoms with van der Waals surface area (Å²) >= 11 is 0. The first-order valence-corrected chi connectivity index (χ1v) is 5.89. The van der Waals surface area contributed by atoms with E-state index >= 15 is 0 Å². The molecule has 0 saturated carbocycles. The third-order valence-corrected chi connectivity index (χ3v) is 3.07. The Morgan fingerprint density at radius 2 is 2.06 bits per heavy atom. The van der Waals surface area contributed by atoms with Crippen LogP contribution >= 0.6 is 0 Å². The summed E-state index contributed by atoms with van der Waals surface area (Å²) < 4.78 is 1.60. The van der Waals surface area contributed by atoms with Crippen molar-refractivity contribution in [3.8, 4) is 0 Å². The zero-order chi connectivity index (χ0) is 13.1. The summed E-state index contributed by atoms with van der Waals surface area (Å²) in [6, 6.07) is 9.39. The number of aliphatic carboxylic acids is 1. The van der Waals surface area contributed by atoms with Gasteiger partial charge in [0.2, 0.25) is 0 Å². The number of carboxylic acids is 1. The SMILES string of the molecule is Cn1c(CCCC(=O)O)cc2ccccc2c1=O. The fraction of sp³-hybridized carbons (Fsp3) is 0.286. The summed E-state index contributed by atoms with van der Waals surface area (Å²) in [4.78, 5) is 22.6. The molecule has 2 rings (SSSR count). The molecule has 0 spiro atoms. The molecular weight excluding hydrogens is 230 g/mol. The number of carboxylic acid groups (broad SMARTS) is 1. The van der Waals surface area contributed by atoms with Crippen LogP contribution in [0.2, 0.25) is 0 Å². The maximum atomic E-state index is 12.1. The first-order valence-electron chi connectivity index (χ1n) is 5.89. The lowest BCUT2D eigenvalue weighted by Crippen LogP contribution is -2.20. The number of hydrogen-bond donors (Lipinski definition) is 1. The van der Waals surface area contributed by atoms with Gasteiger partial charge in [0, 0.05) is 24.5 Å². The molecule has 1 aromatic carbocycles. The molecule has 0 unspecified atom stereocenters. The fourth-order valence-corrected chi connectivity index (χ4v) is 2.07. The number of hydrogen-bond acceptors (Lipinski definition) is 2. The Hall–Kier alpha value is -2.10. The lowest BCUT2D eigenvalue weighted by atomic mass is 10.1. The van der Waals surface area contributed by atoms with E-state index in [9.17, 15) is 9.59 Å². The van der Waals surface area contributed by atoms with Gasteiger partial charge in [0.25, 0.3) is 5.56 Å². The molecule has 0 saturated heterocycles. The van der Waals surface area contributed by atoms with Gasteiger partial charge in [0.1, 0.15) is 0 Å². The average Bonchev–Trinajstić information content (AvgIpc) is 2.35. The molecule has 1 N–H and O–H groups in total. The minimum atomic E-state index is -0.805. The molecule has 18 heavy (non-hydrogen) atoms. The van der Waals surface area contributed by atoms with E-state index in [4.69, 9.17) is 5.11 Å². The van der Waals surface area contributed by atoms with E-state index in [2.05, 4.69) is 0 Å². The minimum absolute atomic E-state index is 0.0292. The van der Waals surface area contributed by atoms with Crippen molar-refractivity contribution in [1.82, 2.24) is 4.57 Å². The van der Waals surface area contributed by atoms with Gasteiger partial charge in [-0.2, -0.15) is 0 Å². The van der Waals surface area contributed by atoms with Crippen LogP contribution in [0.4, 0.5) is 0 Å². The van der Waals surface area contributed by atoms with E-state index in [0.717, 1.165) is 11.1 Å². The van der Waals surface area contributed by atoms with Crippen LogP contribution in [-0.2, 0) is 18.3 Å². The second-order valence-corrected chi connectivity index (χ2v) is 4.33. The molecule has 1 heterocycles. The molecule has 0 aliphatic carbocycles. The highest BCUT2D eigenvalue weighted by Gasteiger charge is 2.06. The number of aromatic nitrogens is 1. The second kappa shape index (κ2) is 5.04. The van der Waals surface area contributed by atoms with E-state index in [1.807, 2.05) is 24.3 Å². The predicted molar refractivity (Wildman–Crippen MR) is 69.8 cm³/mol. The van der Waals surface area contributed by atoms with Gasteiger partial charge in [-0.15, -0.1) is 0 Å². The van der Waals surface area contributed by atoms with E-state index < -0.39 is 5.97 Å². The monoisotopic (exact) mass is 245 g/mol. The molecule has 0 fully saturated rings. The Kier molecular flexibility index (Phi) is 3.46. The Morgan fingerprint density at radius 1 is 1.33 bits per heavy atom. The summed E-state index contributed by atoms with van der Waals surface area (Å²) in [5.74, 6) is -0.805. The number of benzene rings is 1. The van der Waals surface area contributed by atoms with Crippen molar-refractivity contribution in [1.29, 1.82) is 0 Å². The highest BCUT2D eigenvalue weighted by molar-refractivity contribution is 5.81. The topological polar surface area (TPSA) is 59.3 Å². The molecule has 0 aliphatic rings. The summed E-state index contributed by atoms with van der Waals surface area (Å²) in [7, 11) is 1.73. The van der Waals surface area contributed by atoms with E-state index in [1.54, 1.807) is 17.7 Å². The van der Waals surface area contributed by atoms with Crippen LogP contribution in [0.1, 0.15) is 18.5 Å². The van der Waals surface area contributed by atoms with Gasteiger partial charge in [0.05, 0.1) is 0 Å². The summed E-state index contributed by atoms with van der Waals surface area (Å²) in [6.45, 7) is 0. The second-order valence-electron chi connectivity index (χ2n) is 4.33. The predicted octanol–water partition coefficient (Wildman–Crippen LogP) is 1.95. The van der Waals surface area contributed by atoms with Crippen LogP contribution in [0, 0.1) is 0 Å². The normalized spacial score (nSPS) is 10.7. The molecule has 0 atom stereocenters. The van der Waals surface area contributed by atoms with Crippen molar-refractivity contribution in [2.75, 3.05) is 0 Å². The maximum absolute atomic E-state index is 12.1.